The zero-order chi connectivity index (χ0) is 10.4. The predicted molar refractivity (Wildman–Crippen MR) is 51.7 cm³/mol. The van der Waals surface area contributed by atoms with Gasteiger partial charge in [-0.3, -0.25) is 4.79 Å². The molecule has 1 atom stereocenters. The Hall–Kier alpha value is -0.650. The summed E-state index contributed by atoms with van der Waals surface area (Å²) in [6.07, 6.45) is 2.98. The lowest BCUT2D eigenvalue weighted by atomic mass is 10.0. The minimum atomic E-state index is -0.536. The second-order valence-corrected chi connectivity index (χ2v) is 3.57. The lowest BCUT2D eigenvalue weighted by Gasteiger charge is -2.24. The van der Waals surface area contributed by atoms with Crippen molar-refractivity contribution in [3.05, 3.63) is 0 Å². The quantitative estimate of drug-likeness (QED) is 0.452. The van der Waals surface area contributed by atoms with Crippen LogP contribution in [0.5, 0.6) is 0 Å². The van der Waals surface area contributed by atoms with Crippen LogP contribution >= 0.6 is 0 Å². The first-order valence-electron chi connectivity index (χ1n) is 5.03. The van der Waals surface area contributed by atoms with E-state index in [1.165, 1.54) is 0 Å². The highest BCUT2D eigenvalue weighted by molar-refractivity contribution is 5.82. The third-order valence-electron chi connectivity index (χ3n) is 2.41. The van der Waals surface area contributed by atoms with E-state index in [4.69, 9.17) is 10.2 Å². The van der Waals surface area contributed by atoms with Gasteiger partial charge >= 0.3 is 0 Å². The molecule has 0 saturated carbocycles. The Morgan fingerprint density at radius 1 is 1.43 bits per heavy atom. The second-order valence-electron chi connectivity index (χ2n) is 3.57. The van der Waals surface area contributed by atoms with E-state index in [0.717, 1.165) is 25.8 Å². The van der Waals surface area contributed by atoms with Gasteiger partial charge in [0.25, 0.3) is 0 Å². The summed E-state index contributed by atoms with van der Waals surface area (Å²) in [4.78, 5) is 11.5. The normalized spacial score (nSPS) is 22.4. The highest BCUT2D eigenvalue weighted by Gasteiger charge is 2.22. The summed E-state index contributed by atoms with van der Waals surface area (Å²) in [5.74, 6) is -0.127. The van der Waals surface area contributed by atoms with E-state index in [-0.39, 0.29) is 25.2 Å². The molecule has 5 nitrogen and oxygen atoms in total. The Balaban J connectivity index is 2.32. The molecule has 0 bridgehead atoms. The summed E-state index contributed by atoms with van der Waals surface area (Å²) in [7, 11) is 0. The molecule has 0 aliphatic carbocycles. The molecule has 1 saturated heterocycles. The van der Waals surface area contributed by atoms with E-state index >= 15 is 0 Å². The third-order valence-corrected chi connectivity index (χ3v) is 2.41. The van der Waals surface area contributed by atoms with Gasteiger partial charge in [0.15, 0.2) is 0 Å². The molecule has 5 heteroatoms. The first kappa shape index (κ1) is 11.4. The lowest BCUT2D eigenvalue weighted by molar-refractivity contribution is -0.125. The average Bonchev–Trinajstić information content (AvgIpc) is 2.26. The Morgan fingerprint density at radius 2 is 2.14 bits per heavy atom. The molecular weight excluding hydrogens is 184 g/mol. The molecule has 14 heavy (non-hydrogen) atoms. The van der Waals surface area contributed by atoms with Gasteiger partial charge in [-0.15, -0.1) is 0 Å². The van der Waals surface area contributed by atoms with Crippen molar-refractivity contribution in [1.82, 2.24) is 10.6 Å². The largest absolute Gasteiger partial charge is 0.394 e. The maximum absolute atomic E-state index is 11.5. The van der Waals surface area contributed by atoms with Gasteiger partial charge in [-0.1, -0.05) is 6.42 Å². The van der Waals surface area contributed by atoms with Gasteiger partial charge in [-0.2, -0.15) is 0 Å². The van der Waals surface area contributed by atoms with Crippen LogP contribution in [0.15, 0.2) is 0 Å². The fourth-order valence-corrected chi connectivity index (χ4v) is 1.53. The van der Waals surface area contributed by atoms with Crippen molar-refractivity contribution < 1.29 is 15.0 Å². The van der Waals surface area contributed by atoms with Crippen LogP contribution < -0.4 is 10.6 Å². The van der Waals surface area contributed by atoms with Crippen molar-refractivity contribution in [2.75, 3.05) is 19.8 Å². The monoisotopic (exact) mass is 202 g/mol. The molecule has 0 aromatic rings. The summed E-state index contributed by atoms with van der Waals surface area (Å²) < 4.78 is 0. The van der Waals surface area contributed by atoms with Crippen LogP contribution in [0.1, 0.15) is 19.3 Å². The number of nitrogens with one attached hydrogen (secondary N) is 2. The van der Waals surface area contributed by atoms with Gasteiger partial charge in [0.05, 0.1) is 25.3 Å². The molecule has 4 N–H and O–H groups in total. The van der Waals surface area contributed by atoms with Crippen LogP contribution in [-0.4, -0.2) is 48.0 Å². The second kappa shape index (κ2) is 5.95. The maximum atomic E-state index is 11.5. The fourth-order valence-electron chi connectivity index (χ4n) is 1.53. The first-order valence-corrected chi connectivity index (χ1v) is 5.03. The number of amides is 1. The standard InChI is InChI=1S/C9H18N2O3/c12-5-7(6-13)11-9(14)8-3-1-2-4-10-8/h7-8,10,12-13H,1-6H2,(H,11,14)/t8-/m1/s1. The van der Waals surface area contributed by atoms with Crippen LogP contribution in [-0.2, 0) is 4.79 Å². The molecule has 0 radical (unpaired) electrons. The zero-order valence-corrected chi connectivity index (χ0v) is 8.20. The van der Waals surface area contributed by atoms with Crippen molar-refractivity contribution >= 4 is 5.91 Å². The molecule has 1 aliphatic heterocycles. The highest BCUT2D eigenvalue weighted by atomic mass is 16.3. The van der Waals surface area contributed by atoms with E-state index in [0.29, 0.717) is 0 Å². The molecule has 1 rings (SSSR count). The van der Waals surface area contributed by atoms with Gasteiger partial charge in [-0.25, -0.2) is 0 Å². The molecule has 0 aromatic carbocycles. The van der Waals surface area contributed by atoms with E-state index in [1.54, 1.807) is 0 Å². The number of piperidine rings is 1. The molecule has 1 amide bonds. The molecule has 0 unspecified atom stereocenters. The van der Waals surface area contributed by atoms with Crippen molar-refractivity contribution in [3.63, 3.8) is 0 Å². The predicted octanol–water partition coefficient (Wildman–Crippen LogP) is -1.40. The molecule has 1 aliphatic rings. The van der Waals surface area contributed by atoms with Gasteiger partial charge in [-0.05, 0) is 19.4 Å². The van der Waals surface area contributed by atoms with Gasteiger partial charge in [0, 0.05) is 0 Å². The first-order chi connectivity index (χ1) is 6.77. The summed E-state index contributed by atoms with van der Waals surface area (Å²) in [6.45, 7) is 0.408. The number of hydrogen-bond acceptors (Lipinski definition) is 4. The molecule has 1 fully saturated rings. The number of carbonyl (C=O) groups is 1. The Kier molecular flexibility index (Phi) is 4.86. The van der Waals surface area contributed by atoms with Crippen molar-refractivity contribution in [1.29, 1.82) is 0 Å². The molecular formula is C9H18N2O3. The van der Waals surface area contributed by atoms with Crippen LogP contribution in [0.4, 0.5) is 0 Å². The smallest absolute Gasteiger partial charge is 0.237 e. The van der Waals surface area contributed by atoms with Crippen molar-refractivity contribution in [2.24, 2.45) is 0 Å². The van der Waals surface area contributed by atoms with E-state index in [2.05, 4.69) is 10.6 Å². The molecule has 1 heterocycles. The van der Waals surface area contributed by atoms with Crippen molar-refractivity contribution in [2.45, 2.75) is 31.3 Å². The summed E-state index contributed by atoms with van der Waals surface area (Å²) >= 11 is 0. The van der Waals surface area contributed by atoms with Crippen LogP contribution in [0, 0.1) is 0 Å². The minimum absolute atomic E-state index is 0.127. The van der Waals surface area contributed by atoms with E-state index < -0.39 is 6.04 Å². The number of aliphatic hydroxyl groups excluding tert-OH is 2. The Bertz CT molecular complexity index is 177. The average molecular weight is 202 g/mol. The molecule has 82 valence electrons. The summed E-state index contributed by atoms with van der Waals surface area (Å²) in [6, 6.07) is -0.699. The highest BCUT2D eigenvalue weighted by Crippen LogP contribution is 2.06. The topological polar surface area (TPSA) is 81.6 Å². The van der Waals surface area contributed by atoms with Crippen molar-refractivity contribution in [3.8, 4) is 0 Å². The van der Waals surface area contributed by atoms with E-state index in [1.807, 2.05) is 0 Å². The number of rotatable bonds is 4. The fraction of sp³-hybridized carbons (Fsp3) is 0.889. The zero-order valence-electron chi connectivity index (χ0n) is 8.20. The van der Waals surface area contributed by atoms with Crippen LogP contribution in [0.2, 0.25) is 0 Å². The Morgan fingerprint density at radius 3 is 2.64 bits per heavy atom. The lowest BCUT2D eigenvalue weighted by Crippen LogP contribution is -2.51. The SMILES string of the molecule is O=C(NC(CO)CO)[C@H]1CCCCN1. The van der Waals surface area contributed by atoms with Gasteiger partial charge in [0.2, 0.25) is 5.91 Å². The van der Waals surface area contributed by atoms with Crippen LogP contribution in [0.25, 0.3) is 0 Å². The summed E-state index contributed by atoms with van der Waals surface area (Å²) in [5.41, 5.74) is 0. The van der Waals surface area contributed by atoms with E-state index in [9.17, 15) is 4.79 Å². The molecule has 0 aromatic heterocycles. The van der Waals surface area contributed by atoms with Crippen LogP contribution in [0.3, 0.4) is 0 Å². The number of aliphatic hydroxyl groups is 2. The third kappa shape index (κ3) is 3.25. The summed E-state index contributed by atoms with van der Waals surface area (Å²) in [5, 5.41) is 23.2. The number of carbonyl (C=O) groups excluding carboxylic acids is 1. The van der Waals surface area contributed by atoms with Gasteiger partial charge < -0.3 is 20.8 Å². The maximum Gasteiger partial charge on any atom is 0.237 e. The molecule has 0 spiro atoms. The van der Waals surface area contributed by atoms with Gasteiger partial charge in [0.1, 0.15) is 0 Å². The Labute approximate surface area is 83.5 Å². The minimum Gasteiger partial charge on any atom is -0.394 e. The number of hydrogen-bond donors (Lipinski definition) is 4.